The third-order valence-corrected chi connectivity index (χ3v) is 3.75. The molecule has 1 saturated heterocycles. The normalized spacial score (nSPS) is 15.4. The Hall–Kier alpha value is -2.61. The summed E-state index contributed by atoms with van der Waals surface area (Å²) in [6.07, 6.45) is 0.808. The lowest BCUT2D eigenvalue weighted by atomic mass is 10.2. The number of rotatable bonds is 1. The standard InChI is InChI=1S/C17H22N4O4/c1-17(2,3)25-16(23)21-13(15(22)20-4-6-24-7-5-20)9-11-8-12(18)10-19-14(11)21/h8-10H,4-7,18H2,1-3H3. The number of nitrogens with zero attached hydrogens (tertiary/aromatic N) is 3. The van der Waals surface area contributed by atoms with E-state index < -0.39 is 11.7 Å². The number of ether oxygens (including phenoxy) is 2. The minimum atomic E-state index is -0.694. The van der Waals surface area contributed by atoms with Gasteiger partial charge in [-0.1, -0.05) is 0 Å². The highest BCUT2D eigenvalue weighted by atomic mass is 16.6. The maximum atomic E-state index is 12.9. The Balaban J connectivity index is 2.08. The average Bonchev–Trinajstić information content (AvgIpc) is 2.91. The molecule has 3 rings (SSSR count). The predicted molar refractivity (Wildman–Crippen MR) is 92.5 cm³/mol. The van der Waals surface area contributed by atoms with Crippen LogP contribution in [0.4, 0.5) is 10.5 Å². The molecule has 1 aliphatic rings. The predicted octanol–water partition coefficient (Wildman–Crippen LogP) is 1.87. The van der Waals surface area contributed by atoms with Crippen molar-refractivity contribution in [2.45, 2.75) is 26.4 Å². The number of nitrogens with two attached hydrogens (primary N) is 1. The summed E-state index contributed by atoms with van der Waals surface area (Å²) in [5.41, 5.74) is 6.10. The molecule has 2 aromatic heterocycles. The van der Waals surface area contributed by atoms with Crippen LogP contribution in [0.1, 0.15) is 31.3 Å². The van der Waals surface area contributed by atoms with Crippen molar-refractivity contribution in [3.8, 4) is 0 Å². The van der Waals surface area contributed by atoms with Crippen molar-refractivity contribution in [3.05, 3.63) is 24.0 Å². The van der Waals surface area contributed by atoms with Crippen molar-refractivity contribution >= 4 is 28.7 Å². The zero-order chi connectivity index (χ0) is 18.2. The number of fused-ring (bicyclic) bond motifs is 1. The van der Waals surface area contributed by atoms with Gasteiger partial charge in [0.05, 0.1) is 25.1 Å². The van der Waals surface area contributed by atoms with E-state index in [9.17, 15) is 9.59 Å². The molecular weight excluding hydrogens is 324 g/mol. The molecule has 8 nitrogen and oxygen atoms in total. The molecule has 0 saturated carbocycles. The van der Waals surface area contributed by atoms with Crippen LogP contribution >= 0.6 is 0 Å². The van der Waals surface area contributed by atoms with Crippen LogP contribution in [0.3, 0.4) is 0 Å². The van der Waals surface area contributed by atoms with Gasteiger partial charge in [-0.2, -0.15) is 0 Å². The number of anilines is 1. The Kier molecular flexibility index (Phi) is 4.38. The monoisotopic (exact) mass is 346 g/mol. The van der Waals surface area contributed by atoms with Gasteiger partial charge in [-0.15, -0.1) is 0 Å². The first-order valence-corrected chi connectivity index (χ1v) is 8.13. The van der Waals surface area contributed by atoms with Crippen molar-refractivity contribution < 1.29 is 19.1 Å². The molecule has 0 bridgehead atoms. The van der Waals surface area contributed by atoms with Gasteiger partial charge in [0, 0.05) is 18.5 Å². The fourth-order valence-electron chi connectivity index (χ4n) is 2.69. The molecule has 3 heterocycles. The second kappa shape index (κ2) is 6.36. The van der Waals surface area contributed by atoms with Crippen LogP contribution in [-0.2, 0) is 9.47 Å². The lowest BCUT2D eigenvalue weighted by Crippen LogP contribution is -2.42. The summed E-state index contributed by atoms with van der Waals surface area (Å²) in [5.74, 6) is -0.259. The number of nitrogen functional groups attached to an aromatic ring is 1. The molecule has 8 heteroatoms. The Morgan fingerprint density at radius 3 is 2.56 bits per heavy atom. The lowest BCUT2D eigenvalue weighted by Gasteiger charge is -2.27. The zero-order valence-electron chi connectivity index (χ0n) is 14.6. The van der Waals surface area contributed by atoms with E-state index in [-0.39, 0.29) is 11.6 Å². The molecule has 2 N–H and O–H groups in total. The van der Waals surface area contributed by atoms with Gasteiger partial charge in [-0.05, 0) is 32.9 Å². The lowest BCUT2D eigenvalue weighted by molar-refractivity contribution is 0.0287. The Morgan fingerprint density at radius 1 is 1.24 bits per heavy atom. The van der Waals surface area contributed by atoms with Gasteiger partial charge in [-0.25, -0.2) is 14.3 Å². The van der Waals surface area contributed by atoms with Crippen LogP contribution < -0.4 is 5.73 Å². The highest BCUT2D eigenvalue weighted by molar-refractivity contribution is 6.03. The number of hydrogen-bond donors (Lipinski definition) is 1. The van der Waals surface area contributed by atoms with Crippen molar-refractivity contribution in [1.82, 2.24) is 14.5 Å². The molecule has 2 aromatic rings. The molecule has 0 atom stereocenters. The molecule has 1 fully saturated rings. The van der Waals surface area contributed by atoms with Crippen LogP contribution in [0.15, 0.2) is 18.3 Å². The minimum Gasteiger partial charge on any atom is -0.443 e. The van der Waals surface area contributed by atoms with Gasteiger partial charge in [-0.3, -0.25) is 4.79 Å². The fraction of sp³-hybridized carbons (Fsp3) is 0.471. The number of pyridine rings is 1. The Morgan fingerprint density at radius 2 is 1.92 bits per heavy atom. The number of morpholine rings is 1. The van der Waals surface area contributed by atoms with Gasteiger partial charge in [0.15, 0.2) is 0 Å². The first-order valence-electron chi connectivity index (χ1n) is 8.13. The molecule has 25 heavy (non-hydrogen) atoms. The molecule has 0 unspecified atom stereocenters. The van der Waals surface area contributed by atoms with Gasteiger partial charge in [0.2, 0.25) is 0 Å². The molecular formula is C17H22N4O4. The van der Waals surface area contributed by atoms with Crippen molar-refractivity contribution in [1.29, 1.82) is 0 Å². The Bertz CT molecular complexity index is 816. The summed E-state index contributed by atoms with van der Waals surface area (Å²) in [6, 6.07) is 3.31. The first kappa shape index (κ1) is 17.2. The third-order valence-electron chi connectivity index (χ3n) is 3.75. The molecule has 1 aliphatic heterocycles. The number of aromatic nitrogens is 2. The van der Waals surface area contributed by atoms with Gasteiger partial charge in [0.25, 0.3) is 5.91 Å². The summed E-state index contributed by atoms with van der Waals surface area (Å²) in [6.45, 7) is 7.21. The summed E-state index contributed by atoms with van der Waals surface area (Å²) >= 11 is 0. The van der Waals surface area contributed by atoms with E-state index in [0.717, 1.165) is 0 Å². The second-order valence-electron chi connectivity index (χ2n) is 6.93. The number of carbonyl (C=O) groups is 2. The quantitative estimate of drug-likeness (QED) is 0.846. The van der Waals surface area contributed by atoms with E-state index in [4.69, 9.17) is 15.2 Å². The fourth-order valence-corrected chi connectivity index (χ4v) is 2.69. The van der Waals surface area contributed by atoms with E-state index in [0.29, 0.717) is 43.0 Å². The van der Waals surface area contributed by atoms with Gasteiger partial charge >= 0.3 is 6.09 Å². The molecule has 1 amide bonds. The zero-order valence-corrected chi connectivity index (χ0v) is 14.6. The molecule has 0 radical (unpaired) electrons. The number of hydrogen-bond acceptors (Lipinski definition) is 6. The molecule has 0 aromatic carbocycles. The SMILES string of the molecule is CC(C)(C)OC(=O)n1c(C(=O)N2CCOCC2)cc2cc(N)cnc21. The largest absolute Gasteiger partial charge is 0.443 e. The van der Waals surface area contributed by atoms with Crippen molar-refractivity contribution in [3.63, 3.8) is 0 Å². The van der Waals surface area contributed by atoms with Crippen LogP contribution in [0.25, 0.3) is 11.0 Å². The molecule has 0 aliphatic carbocycles. The van der Waals surface area contributed by atoms with E-state index in [1.54, 1.807) is 37.8 Å². The molecule has 0 spiro atoms. The number of carbonyl (C=O) groups excluding carboxylic acids is 2. The topological polar surface area (TPSA) is 99.7 Å². The van der Waals surface area contributed by atoms with Crippen molar-refractivity contribution in [2.75, 3.05) is 32.0 Å². The van der Waals surface area contributed by atoms with E-state index >= 15 is 0 Å². The van der Waals surface area contributed by atoms with E-state index in [1.165, 1.54) is 10.8 Å². The smallest absolute Gasteiger partial charge is 0.420 e. The number of amides is 1. The highest BCUT2D eigenvalue weighted by Crippen LogP contribution is 2.23. The maximum absolute atomic E-state index is 12.9. The van der Waals surface area contributed by atoms with Crippen molar-refractivity contribution in [2.24, 2.45) is 0 Å². The molecule has 134 valence electrons. The van der Waals surface area contributed by atoms with E-state index in [2.05, 4.69) is 4.98 Å². The highest BCUT2D eigenvalue weighted by Gasteiger charge is 2.29. The Labute approximate surface area is 145 Å². The third kappa shape index (κ3) is 3.58. The van der Waals surface area contributed by atoms with Crippen LogP contribution in [0.5, 0.6) is 0 Å². The first-order chi connectivity index (χ1) is 11.8. The second-order valence-corrected chi connectivity index (χ2v) is 6.93. The van der Waals surface area contributed by atoms with Crippen LogP contribution in [0.2, 0.25) is 0 Å². The van der Waals surface area contributed by atoms with Crippen LogP contribution in [-0.4, -0.2) is 58.4 Å². The van der Waals surface area contributed by atoms with E-state index in [1.807, 2.05) is 0 Å². The summed E-state index contributed by atoms with van der Waals surface area (Å²) in [7, 11) is 0. The van der Waals surface area contributed by atoms with Gasteiger partial charge < -0.3 is 20.1 Å². The average molecular weight is 346 g/mol. The summed E-state index contributed by atoms with van der Waals surface area (Å²) < 4.78 is 12.0. The summed E-state index contributed by atoms with van der Waals surface area (Å²) in [5, 5.41) is 0.613. The maximum Gasteiger partial charge on any atom is 0.420 e. The van der Waals surface area contributed by atoms with Gasteiger partial charge in [0.1, 0.15) is 16.9 Å². The minimum absolute atomic E-state index is 0.212. The van der Waals surface area contributed by atoms with Crippen LogP contribution in [0, 0.1) is 0 Å². The summed E-state index contributed by atoms with van der Waals surface area (Å²) in [4.78, 5) is 31.5.